The minimum atomic E-state index is -4.10. The first-order chi connectivity index (χ1) is 7.53. The standard InChI is InChI=1S/C13H24F3N/c1-9(2)17-7-6-10(12(3,4)5)8-11(17)13(14,15)16/h9-11H,6-8H2,1-5H3. The average Bonchev–Trinajstić information content (AvgIpc) is 2.14. The molecule has 0 radical (unpaired) electrons. The molecule has 1 rings (SSSR count). The van der Waals surface area contributed by atoms with Crippen molar-refractivity contribution in [2.24, 2.45) is 11.3 Å². The molecule has 4 heteroatoms. The molecule has 0 spiro atoms. The zero-order valence-corrected chi connectivity index (χ0v) is 11.4. The molecule has 0 aromatic heterocycles. The van der Waals surface area contributed by atoms with Gasteiger partial charge in [0, 0.05) is 6.04 Å². The van der Waals surface area contributed by atoms with Crippen molar-refractivity contribution in [2.45, 2.75) is 65.7 Å². The zero-order chi connectivity index (χ0) is 13.4. The fourth-order valence-corrected chi connectivity index (χ4v) is 2.71. The quantitative estimate of drug-likeness (QED) is 0.678. The number of hydrogen-bond acceptors (Lipinski definition) is 1. The van der Waals surface area contributed by atoms with E-state index >= 15 is 0 Å². The fraction of sp³-hybridized carbons (Fsp3) is 1.00. The first-order valence-corrected chi connectivity index (χ1v) is 6.36. The molecule has 0 bridgehead atoms. The van der Waals surface area contributed by atoms with Crippen LogP contribution in [0, 0.1) is 11.3 Å². The molecule has 1 saturated heterocycles. The maximum absolute atomic E-state index is 13.1. The van der Waals surface area contributed by atoms with Crippen LogP contribution in [0.5, 0.6) is 0 Å². The second-order valence-electron chi connectivity index (χ2n) is 6.48. The zero-order valence-electron chi connectivity index (χ0n) is 11.4. The summed E-state index contributed by atoms with van der Waals surface area (Å²) in [5.41, 5.74) is -0.0351. The highest BCUT2D eigenvalue weighted by molar-refractivity contribution is 4.91. The first-order valence-electron chi connectivity index (χ1n) is 6.36. The van der Waals surface area contributed by atoms with Crippen LogP contribution >= 0.6 is 0 Å². The van der Waals surface area contributed by atoms with Crippen LogP contribution in [-0.4, -0.2) is 29.7 Å². The number of nitrogens with zero attached hydrogens (tertiary/aromatic N) is 1. The Morgan fingerprint density at radius 1 is 1.12 bits per heavy atom. The molecule has 1 heterocycles. The van der Waals surface area contributed by atoms with E-state index in [9.17, 15) is 13.2 Å². The Balaban J connectivity index is 2.85. The third-order valence-electron chi connectivity index (χ3n) is 3.91. The number of piperidine rings is 1. The van der Waals surface area contributed by atoms with Crippen LogP contribution in [0.2, 0.25) is 0 Å². The molecule has 1 nitrogen and oxygen atoms in total. The fourth-order valence-electron chi connectivity index (χ4n) is 2.71. The Morgan fingerprint density at radius 3 is 2.00 bits per heavy atom. The molecule has 1 fully saturated rings. The summed E-state index contributed by atoms with van der Waals surface area (Å²) in [6.45, 7) is 10.4. The van der Waals surface area contributed by atoms with Crippen molar-refractivity contribution in [1.29, 1.82) is 0 Å². The van der Waals surface area contributed by atoms with E-state index in [1.54, 1.807) is 4.90 Å². The summed E-state index contributed by atoms with van der Waals surface area (Å²) in [5.74, 6) is 0.157. The summed E-state index contributed by atoms with van der Waals surface area (Å²) in [5, 5.41) is 0. The van der Waals surface area contributed by atoms with Crippen LogP contribution in [-0.2, 0) is 0 Å². The van der Waals surface area contributed by atoms with E-state index in [1.165, 1.54) is 0 Å². The van der Waals surface area contributed by atoms with Crippen molar-refractivity contribution in [2.75, 3.05) is 6.54 Å². The van der Waals surface area contributed by atoms with Crippen LogP contribution in [0.1, 0.15) is 47.5 Å². The van der Waals surface area contributed by atoms with Crippen molar-refractivity contribution in [1.82, 2.24) is 4.90 Å². The van der Waals surface area contributed by atoms with Gasteiger partial charge in [0.1, 0.15) is 6.04 Å². The van der Waals surface area contributed by atoms with Gasteiger partial charge in [0.25, 0.3) is 0 Å². The number of likely N-dealkylation sites (tertiary alicyclic amines) is 1. The molecule has 2 atom stereocenters. The molecule has 0 amide bonds. The van der Waals surface area contributed by atoms with Gasteiger partial charge in [-0.1, -0.05) is 20.8 Å². The maximum Gasteiger partial charge on any atom is 0.404 e. The summed E-state index contributed by atoms with van der Waals surface area (Å²) in [7, 11) is 0. The first kappa shape index (κ1) is 14.8. The minimum absolute atomic E-state index is 0.0351. The third-order valence-corrected chi connectivity index (χ3v) is 3.91. The van der Waals surface area contributed by atoms with Crippen LogP contribution < -0.4 is 0 Å². The minimum Gasteiger partial charge on any atom is -0.290 e. The molecule has 0 saturated carbocycles. The molecule has 0 aliphatic carbocycles. The average molecular weight is 251 g/mol. The van der Waals surface area contributed by atoms with Gasteiger partial charge in [-0.3, -0.25) is 4.90 Å². The lowest BCUT2D eigenvalue weighted by Gasteiger charge is -2.46. The molecule has 1 aliphatic heterocycles. The van der Waals surface area contributed by atoms with Crippen molar-refractivity contribution in [3.05, 3.63) is 0 Å². The van der Waals surface area contributed by atoms with E-state index in [4.69, 9.17) is 0 Å². The largest absolute Gasteiger partial charge is 0.404 e. The predicted molar refractivity (Wildman–Crippen MR) is 63.9 cm³/mol. The van der Waals surface area contributed by atoms with Gasteiger partial charge in [0.15, 0.2) is 0 Å². The lowest BCUT2D eigenvalue weighted by Crippen LogP contribution is -2.54. The summed E-state index contributed by atoms with van der Waals surface area (Å²) >= 11 is 0. The second kappa shape index (κ2) is 4.79. The van der Waals surface area contributed by atoms with Gasteiger partial charge in [-0.2, -0.15) is 13.2 Å². The predicted octanol–water partition coefficient (Wildman–Crippen LogP) is 4.08. The smallest absolute Gasteiger partial charge is 0.290 e. The highest BCUT2D eigenvalue weighted by Crippen LogP contribution is 2.42. The summed E-state index contributed by atoms with van der Waals surface area (Å²) in [6.07, 6.45) is -2.99. The monoisotopic (exact) mass is 251 g/mol. The van der Waals surface area contributed by atoms with E-state index in [0.29, 0.717) is 6.54 Å². The molecule has 0 aromatic rings. The van der Waals surface area contributed by atoms with Gasteiger partial charge in [-0.05, 0) is 44.6 Å². The Labute approximate surface area is 102 Å². The Morgan fingerprint density at radius 2 is 1.65 bits per heavy atom. The van der Waals surface area contributed by atoms with Crippen molar-refractivity contribution in [3.8, 4) is 0 Å². The van der Waals surface area contributed by atoms with E-state index < -0.39 is 12.2 Å². The molecular weight excluding hydrogens is 227 g/mol. The second-order valence-corrected chi connectivity index (χ2v) is 6.48. The summed E-state index contributed by atoms with van der Waals surface area (Å²) < 4.78 is 39.2. The number of rotatable bonds is 1. The van der Waals surface area contributed by atoms with Gasteiger partial charge in [0.2, 0.25) is 0 Å². The van der Waals surface area contributed by atoms with E-state index in [1.807, 2.05) is 34.6 Å². The summed E-state index contributed by atoms with van der Waals surface area (Å²) in [6, 6.07) is -1.30. The van der Waals surface area contributed by atoms with E-state index in [0.717, 1.165) is 6.42 Å². The molecule has 0 N–H and O–H groups in total. The number of hydrogen-bond donors (Lipinski definition) is 0. The highest BCUT2D eigenvalue weighted by Gasteiger charge is 2.48. The number of halogens is 3. The van der Waals surface area contributed by atoms with Gasteiger partial charge in [-0.15, -0.1) is 0 Å². The van der Waals surface area contributed by atoms with Gasteiger partial charge >= 0.3 is 6.18 Å². The molecule has 1 aliphatic rings. The van der Waals surface area contributed by atoms with Crippen molar-refractivity contribution < 1.29 is 13.2 Å². The molecular formula is C13H24F3N. The van der Waals surface area contributed by atoms with Gasteiger partial charge in [0.05, 0.1) is 0 Å². The van der Waals surface area contributed by atoms with Crippen LogP contribution in [0.15, 0.2) is 0 Å². The maximum atomic E-state index is 13.1. The Bertz CT molecular complexity index is 252. The SMILES string of the molecule is CC(C)N1CCC(C(C)(C)C)CC1C(F)(F)F. The molecule has 17 heavy (non-hydrogen) atoms. The lowest BCUT2D eigenvalue weighted by molar-refractivity contribution is -0.204. The van der Waals surface area contributed by atoms with Gasteiger partial charge in [-0.25, -0.2) is 0 Å². The van der Waals surface area contributed by atoms with Crippen molar-refractivity contribution in [3.63, 3.8) is 0 Å². The van der Waals surface area contributed by atoms with Gasteiger partial charge < -0.3 is 0 Å². The van der Waals surface area contributed by atoms with Crippen LogP contribution in [0.25, 0.3) is 0 Å². The van der Waals surface area contributed by atoms with Crippen molar-refractivity contribution >= 4 is 0 Å². The summed E-state index contributed by atoms with van der Waals surface area (Å²) in [4.78, 5) is 1.60. The number of alkyl halides is 3. The Kier molecular flexibility index (Phi) is 4.17. The van der Waals surface area contributed by atoms with Crippen LogP contribution in [0.4, 0.5) is 13.2 Å². The molecule has 0 aromatic carbocycles. The highest BCUT2D eigenvalue weighted by atomic mass is 19.4. The van der Waals surface area contributed by atoms with E-state index in [2.05, 4.69) is 0 Å². The van der Waals surface area contributed by atoms with Crippen LogP contribution in [0.3, 0.4) is 0 Å². The third kappa shape index (κ3) is 3.60. The normalized spacial score (nSPS) is 28.8. The van der Waals surface area contributed by atoms with E-state index in [-0.39, 0.29) is 23.8 Å². The molecule has 102 valence electrons. The lowest BCUT2D eigenvalue weighted by atomic mass is 9.73. The Hall–Kier alpha value is -0.250. The molecule has 2 unspecified atom stereocenters. The topological polar surface area (TPSA) is 3.24 Å².